The molecule has 17 heavy (non-hydrogen) atoms. The molecule has 0 aromatic carbocycles. The monoisotopic (exact) mass is 237 g/mol. The number of carbonyl (C=O) groups is 1. The molecule has 3 saturated heterocycles. The molecule has 0 bridgehead atoms. The second-order valence-electron chi connectivity index (χ2n) is 6.03. The van der Waals surface area contributed by atoms with Gasteiger partial charge in [0.2, 0.25) is 0 Å². The number of rotatable bonds is 0. The summed E-state index contributed by atoms with van der Waals surface area (Å²) in [6, 6.07) is 0.541. The molecule has 1 aliphatic carbocycles. The first-order valence-corrected chi connectivity index (χ1v) is 6.75. The summed E-state index contributed by atoms with van der Waals surface area (Å²) in [5.74, 6) is -0.00692. The molecule has 4 rings (SSSR count). The molecule has 4 heteroatoms. The summed E-state index contributed by atoms with van der Waals surface area (Å²) in [6.07, 6.45) is 3.71. The second-order valence-corrected chi connectivity index (χ2v) is 6.03. The Bertz CT molecular complexity index is 371. The largest absolute Gasteiger partial charge is 0.346 e. The third-order valence-corrected chi connectivity index (χ3v) is 5.16. The predicted octanol–water partition coefficient (Wildman–Crippen LogP) is 0.945. The molecule has 2 unspecified atom stereocenters. The van der Waals surface area contributed by atoms with Gasteiger partial charge in [0.1, 0.15) is 5.78 Å². The summed E-state index contributed by atoms with van der Waals surface area (Å²) in [4.78, 5) is 14.8. The Hall–Kier alpha value is -0.450. The maximum atomic E-state index is 12.3. The van der Waals surface area contributed by atoms with Crippen LogP contribution in [0, 0.1) is 5.41 Å². The van der Waals surface area contributed by atoms with Gasteiger partial charge in [0.15, 0.2) is 5.79 Å². The molecule has 2 spiro atoms. The molecule has 2 atom stereocenters. The standard InChI is InChI=1S/C13H19NO3/c1-9-8-10(15)12(2-3-12)11-13(4-5-14(9)11)16-6-7-17-13/h9,11H,2-8H2,1H3. The van der Waals surface area contributed by atoms with Crippen LogP contribution in [0.15, 0.2) is 0 Å². The summed E-state index contributed by atoms with van der Waals surface area (Å²) in [6.45, 7) is 4.54. The average Bonchev–Trinajstić information content (AvgIpc) is 2.81. The van der Waals surface area contributed by atoms with Crippen molar-refractivity contribution in [2.45, 2.75) is 50.5 Å². The topological polar surface area (TPSA) is 38.8 Å². The maximum absolute atomic E-state index is 12.3. The molecule has 0 aromatic heterocycles. The number of carbonyl (C=O) groups excluding carboxylic acids is 1. The minimum absolute atomic E-state index is 0.118. The van der Waals surface area contributed by atoms with Crippen molar-refractivity contribution in [3.8, 4) is 0 Å². The van der Waals surface area contributed by atoms with E-state index in [4.69, 9.17) is 9.47 Å². The molecular formula is C13H19NO3. The van der Waals surface area contributed by atoms with Crippen molar-refractivity contribution in [1.29, 1.82) is 0 Å². The van der Waals surface area contributed by atoms with Crippen LogP contribution in [-0.2, 0) is 14.3 Å². The fraction of sp³-hybridized carbons (Fsp3) is 0.923. The second kappa shape index (κ2) is 3.11. The van der Waals surface area contributed by atoms with Gasteiger partial charge in [0, 0.05) is 30.8 Å². The van der Waals surface area contributed by atoms with Crippen LogP contribution >= 0.6 is 0 Å². The van der Waals surface area contributed by atoms with Gasteiger partial charge in [-0.15, -0.1) is 0 Å². The normalized spacial score (nSPS) is 42.3. The molecule has 4 nitrogen and oxygen atoms in total. The van der Waals surface area contributed by atoms with E-state index in [0.717, 1.165) is 25.8 Å². The van der Waals surface area contributed by atoms with Gasteiger partial charge in [-0.1, -0.05) is 0 Å². The molecule has 1 saturated carbocycles. The first kappa shape index (κ1) is 10.5. The van der Waals surface area contributed by atoms with Crippen LogP contribution in [0.2, 0.25) is 0 Å². The Morgan fingerprint density at radius 2 is 1.94 bits per heavy atom. The number of nitrogens with zero attached hydrogens (tertiary/aromatic N) is 1. The molecule has 4 fully saturated rings. The highest BCUT2D eigenvalue weighted by Crippen LogP contribution is 2.61. The van der Waals surface area contributed by atoms with Crippen molar-refractivity contribution in [2.24, 2.45) is 5.41 Å². The minimum Gasteiger partial charge on any atom is -0.346 e. The van der Waals surface area contributed by atoms with E-state index in [9.17, 15) is 4.79 Å². The Labute approximate surface area is 101 Å². The lowest BCUT2D eigenvalue weighted by Crippen LogP contribution is -2.59. The molecule has 3 heterocycles. The summed E-state index contributed by atoms with van der Waals surface area (Å²) in [5, 5.41) is 0. The van der Waals surface area contributed by atoms with Crippen molar-refractivity contribution < 1.29 is 14.3 Å². The van der Waals surface area contributed by atoms with E-state index in [-0.39, 0.29) is 11.5 Å². The number of hydrogen-bond acceptors (Lipinski definition) is 4. The van der Waals surface area contributed by atoms with E-state index in [1.165, 1.54) is 0 Å². The number of hydrogen-bond donors (Lipinski definition) is 0. The molecule has 0 radical (unpaired) electrons. The van der Waals surface area contributed by atoms with Crippen molar-refractivity contribution in [1.82, 2.24) is 4.90 Å². The van der Waals surface area contributed by atoms with E-state index in [1.54, 1.807) is 0 Å². The van der Waals surface area contributed by atoms with Crippen LogP contribution in [0.25, 0.3) is 0 Å². The zero-order chi connectivity index (χ0) is 11.7. The summed E-state index contributed by atoms with van der Waals surface area (Å²) < 4.78 is 11.9. The van der Waals surface area contributed by atoms with E-state index >= 15 is 0 Å². The van der Waals surface area contributed by atoms with Gasteiger partial charge in [0.05, 0.1) is 19.3 Å². The van der Waals surface area contributed by atoms with E-state index in [0.29, 0.717) is 31.5 Å². The molecule has 4 aliphatic rings. The van der Waals surface area contributed by atoms with Gasteiger partial charge in [-0.3, -0.25) is 9.69 Å². The Morgan fingerprint density at radius 1 is 1.24 bits per heavy atom. The van der Waals surface area contributed by atoms with Crippen LogP contribution in [0.3, 0.4) is 0 Å². The first-order chi connectivity index (χ1) is 8.18. The number of ether oxygens (including phenoxy) is 2. The number of fused-ring (bicyclic) bond motifs is 3. The van der Waals surface area contributed by atoms with Crippen LogP contribution in [0.5, 0.6) is 0 Å². The molecular weight excluding hydrogens is 218 g/mol. The lowest BCUT2D eigenvalue weighted by atomic mass is 9.79. The van der Waals surface area contributed by atoms with E-state index < -0.39 is 5.79 Å². The quantitative estimate of drug-likeness (QED) is 0.628. The Kier molecular flexibility index (Phi) is 1.91. The lowest BCUT2D eigenvalue weighted by Gasteiger charge is -2.45. The third-order valence-electron chi connectivity index (χ3n) is 5.16. The number of ketones is 1. The highest BCUT2D eigenvalue weighted by molar-refractivity contribution is 5.90. The van der Waals surface area contributed by atoms with Crippen molar-refractivity contribution in [2.75, 3.05) is 19.8 Å². The number of piperidine rings is 1. The fourth-order valence-electron chi connectivity index (χ4n) is 4.22. The van der Waals surface area contributed by atoms with Gasteiger partial charge in [-0.25, -0.2) is 0 Å². The maximum Gasteiger partial charge on any atom is 0.186 e. The van der Waals surface area contributed by atoms with Crippen LogP contribution in [-0.4, -0.2) is 48.3 Å². The summed E-state index contributed by atoms with van der Waals surface area (Å²) in [7, 11) is 0. The molecule has 94 valence electrons. The zero-order valence-electron chi connectivity index (χ0n) is 10.3. The number of Topliss-reactive ketones (excluding diaryl/α,β-unsaturated/α-hetero) is 1. The average molecular weight is 237 g/mol. The van der Waals surface area contributed by atoms with E-state index in [2.05, 4.69) is 11.8 Å². The first-order valence-electron chi connectivity index (χ1n) is 6.75. The van der Waals surface area contributed by atoms with Gasteiger partial charge in [0.25, 0.3) is 0 Å². The predicted molar refractivity (Wildman–Crippen MR) is 60.5 cm³/mol. The van der Waals surface area contributed by atoms with Crippen molar-refractivity contribution in [3.05, 3.63) is 0 Å². The molecule has 0 aromatic rings. The summed E-state index contributed by atoms with van der Waals surface area (Å²) in [5.41, 5.74) is -0.118. The highest BCUT2D eigenvalue weighted by Gasteiger charge is 2.70. The summed E-state index contributed by atoms with van der Waals surface area (Å²) >= 11 is 0. The Morgan fingerprint density at radius 3 is 2.59 bits per heavy atom. The molecule has 0 amide bonds. The molecule has 0 N–H and O–H groups in total. The zero-order valence-corrected chi connectivity index (χ0v) is 10.3. The SMILES string of the molecule is CC1CC(=O)C2(CC2)C2N1CCC21OCCO1. The van der Waals surface area contributed by atoms with E-state index in [1.807, 2.05) is 0 Å². The minimum atomic E-state index is -0.457. The van der Waals surface area contributed by atoms with Crippen molar-refractivity contribution >= 4 is 5.78 Å². The third kappa shape index (κ3) is 1.16. The van der Waals surface area contributed by atoms with Crippen LogP contribution in [0.1, 0.15) is 32.6 Å². The lowest BCUT2D eigenvalue weighted by molar-refractivity contribution is -0.197. The van der Waals surface area contributed by atoms with Crippen molar-refractivity contribution in [3.63, 3.8) is 0 Å². The fourth-order valence-corrected chi connectivity index (χ4v) is 4.22. The van der Waals surface area contributed by atoms with Crippen LogP contribution < -0.4 is 0 Å². The highest BCUT2D eigenvalue weighted by atomic mass is 16.7. The van der Waals surface area contributed by atoms with Crippen LogP contribution in [0.4, 0.5) is 0 Å². The van der Waals surface area contributed by atoms with Gasteiger partial charge >= 0.3 is 0 Å². The molecule has 3 aliphatic heterocycles. The van der Waals surface area contributed by atoms with Gasteiger partial charge in [-0.2, -0.15) is 0 Å². The van der Waals surface area contributed by atoms with Gasteiger partial charge < -0.3 is 9.47 Å². The smallest absolute Gasteiger partial charge is 0.186 e. The van der Waals surface area contributed by atoms with Gasteiger partial charge in [-0.05, 0) is 19.8 Å². The Balaban J connectivity index is 1.77.